The first-order valence-corrected chi connectivity index (χ1v) is 10.9. The molecule has 0 amide bonds. The highest BCUT2D eigenvalue weighted by Gasteiger charge is 2.39. The largest absolute Gasteiger partial charge is 0.382 e. The molecule has 0 aliphatic heterocycles. The van der Waals surface area contributed by atoms with Gasteiger partial charge in [-0.2, -0.15) is 5.10 Å². The summed E-state index contributed by atoms with van der Waals surface area (Å²) in [5.41, 5.74) is -0.813. The van der Waals surface area contributed by atoms with Gasteiger partial charge >= 0.3 is 0 Å². The van der Waals surface area contributed by atoms with Crippen molar-refractivity contribution in [2.45, 2.75) is 30.7 Å². The Labute approximate surface area is 171 Å². The lowest BCUT2D eigenvalue weighted by atomic mass is 9.90. The first-order valence-electron chi connectivity index (χ1n) is 9.08. The Hall–Kier alpha value is -1.97. The molecule has 28 heavy (non-hydrogen) atoms. The van der Waals surface area contributed by atoms with E-state index in [0.717, 1.165) is 17.7 Å². The fourth-order valence-corrected chi connectivity index (χ4v) is 5.12. The molecular weight excluding hydrogens is 402 g/mol. The van der Waals surface area contributed by atoms with Gasteiger partial charge in [0.25, 0.3) is 0 Å². The summed E-state index contributed by atoms with van der Waals surface area (Å²) in [6, 6.07) is 6.73. The fourth-order valence-electron chi connectivity index (χ4n) is 2.69. The standard InChI is InChI=1S/C19H20F2N4OS2/c1-14(28-27-9-6-15-4-7-22-8-5-15)19(26,11-25-13-23-12-24-25)17-3-2-16(20)10-18(17)21/h2-5,7-8,10,12-14,26H,6,9,11H2,1H3/t14-,19-/m1/s1/i6D/t6?,14-,19-. The van der Waals surface area contributed by atoms with Crippen LogP contribution in [0.3, 0.4) is 0 Å². The van der Waals surface area contributed by atoms with Gasteiger partial charge in [0.05, 0.1) is 6.54 Å². The third-order valence-electron chi connectivity index (χ3n) is 4.25. The summed E-state index contributed by atoms with van der Waals surface area (Å²) >= 11 is 0. The second-order valence-corrected chi connectivity index (χ2v) is 8.90. The molecule has 0 saturated heterocycles. The number of nitrogens with zero attached hydrogens (tertiary/aromatic N) is 4. The lowest BCUT2D eigenvalue weighted by Crippen LogP contribution is -2.41. The maximum Gasteiger partial charge on any atom is 0.137 e. The summed E-state index contributed by atoms with van der Waals surface area (Å²) in [5, 5.41) is 15.0. The van der Waals surface area contributed by atoms with Gasteiger partial charge in [-0.1, -0.05) is 27.7 Å². The number of aliphatic hydroxyl groups is 1. The second kappa shape index (κ2) is 9.49. The molecule has 3 rings (SSSR count). The highest BCUT2D eigenvalue weighted by molar-refractivity contribution is 8.76. The van der Waals surface area contributed by atoms with E-state index in [1.807, 2.05) is 0 Å². The molecule has 0 radical (unpaired) electrons. The summed E-state index contributed by atoms with van der Waals surface area (Å²) in [6.07, 6.45) is 5.60. The molecule has 0 saturated carbocycles. The molecule has 0 spiro atoms. The lowest BCUT2D eigenvalue weighted by molar-refractivity contribution is 0.0137. The number of hydrogen-bond donors (Lipinski definition) is 1. The van der Waals surface area contributed by atoms with E-state index in [1.165, 1.54) is 45.0 Å². The van der Waals surface area contributed by atoms with Gasteiger partial charge in [-0.3, -0.25) is 4.98 Å². The smallest absolute Gasteiger partial charge is 0.137 e. The Balaban J connectivity index is 1.74. The van der Waals surface area contributed by atoms with Gasteiger partial charge < -0.3 is 5.11 Å². The minimum Gasteiger partial charge on any atom is -0.382 e. The van der Waals surface area contributed by atoms with Crippen LogP contribution in [0.2, 0.25) is 0 Å². The quantitative estimate of drug-likeness (QED) is 0.528. The Morgan fingerprint density at radius 1 is 1.25 bits per heavy atom. The molecule has 9 heteroatoms. The van der Waals surface area contributed by atoms with Crippen LogP contribution in [-0.2, 0) is 18.5 Å². The van der Waals surface area contributed by atoms with Gasteiger partial charge in [0.2, 0.25) is 0 Å². The maximum absolute atomic E-state index is 14.5. The molecule has 5 nitrogen and oxygen atoms in total. The van der Waals surface area contributed by atoms with Crippen LogP contribution in [0.25, 0.3) is 0 Å². The lowest BCUT2D eigenvalue weighted by Gasteiger charge is -2.34. The zero-order chi connectivity index (χ0) is 20.9. The van der Waals surface area contributed by atoms with E-state index in [0.29, 0.717) is 5.75 Å². The monoisotopic (exact) mass is 423 g/mol. The average molecular weight is 424 g/mol. The van der Waals surface area contributed by atoms with E-state index < -0.39 is 28.9 Å². The zero-order valence-corrected chi connectivity index (χ0v) is 16.7. The van der Waals surface area contributed by atoms with Crippen molar-refractivity contribution in [2.24, 2.45) is 0 Å². The Kier molecular flexibility index (Phi) is 6.56. The molecule has 1 aromatic carbocycles. The normalized spacial score (nSPS) is 16.2. The summed E-state index contributed by atoms with van der Waals surface area (Å²) in [4.78, 5) is 7.81. The van der Waals surface area contributed by atoms with E-state index in [-0.39, 0.29) is 12.1 Å². The average Bonchev–Trinajstić information content (AvgIpc) is 3.21. The van der Waals surface area contributed by atoms with Crippen LogP contribution in [0.15, 0.2) is 55.4 Å². The first-order chi connectivity index (χ1) is 13.9. The second-order valence-electron chi connectivity index (χ2n) is 6.15. The zero-order valence-electron chi connectivity index (χ0n) is 16.1. The van der Waals surface area contributed by atoms with Crippen molar-refractivity contribution >= 4 is 21.6 Å². The molecule has 1 unspecified atom stereocenters. The summed E-state index contributed by atoms with van der Waals surface area (Å²) in [5.74, 6) is -1.05. The number of aryl methyl sites for hydroxylation is 1. The summed E-state index contributed by atoms with van der Waals surface area (Å²) < 4.78 is 37.5. The van der Waals surface area contributed by atoms with Crippen molar-refractivity contribution in [3.05, 3.63) is 78.1 Å². The van der Waals surface area contributed by atoms with Gasteiger partial charge in [0, 0.05) is 36.4 Å². The van der Waals surface area contributed by atoms with Crippen molar-refractivity contribution in [2.75, 3.05) is 5.75 Å². The van der Waals surface area contributed by atoms with Crippen LogP contribution in [0, 0.1) is 11.6 Å². The molecular formula is C19H20F2N4OS2. The van der Waals surface area contributed by atoms with Crippen LogP contribution >= 0.6 is 21.6 Å². The van der Waals surface area contributed by atoms with Crippen LogP contribution in [0.4, 0.5) is 8.78 Å². The molecule has 0 bridgehead atoms. The highest BCUT2D eigenvalue weighted by Crippen LogP contribution is 2.41. The van der Waals surface area contributed by atoms with Crippen LogP contribution < -0.4 is 0 Å². The predicted octanol–water partition coefficient (Wildman–Crippen LogP) is 3.85. The van der Waals surface area contributed by atoms with Crippen molar-refractivity contribution in [3.63, 3.8) is 0 Å². The van der Waals surface area contributed by atoms with E-state index in [9.17, 15) is 13.9 Å². The number of halogens is 2. The van der Waals surface area contributed by atoms with Crippen LogP contribution in [-0.4, -0.2) is 35.9 Å². The molecule has 0 aliphatic carbocycles. The van der Waals surface area contributed by atoms with E-state index in [4.69, 9.17) is 1.37 Å². The summed E-state index contributed by atoms with van der Waals surface area (Å²) in [6.45, 7) is 1.72. The maximum atomic E-state index is 14.5. The van der Waals surface area contributed by atoms with Gasteiger partial charge in [0.1, 0.15) is 29.9 Å². The minimum atomic E-state index is -1.66. The third-order valence-corrected chi connectivity index (χ3v) is 7.05. The van der Waals surface area contributed by atoms with Crippen LogP contribution in [0.1, 0.15) is 19.4 Å². The fraction of sp³-hybridized carbons (Fsp3) is 0.316. The molecule has 1 N–H and O–H groups in total. The van der Waals surface area contributed by atoms with Gasteiger partial charge in [-0.15, -0.1) is 0 Å². The molecule has 0 aliphatic rings. The number of hydrogen-bond acceptors (Lipinski definition) is 6. The predicted molar refractivity (Wildman–Crippen MR) is 108 cm³/mol. The van der Waals surface area contributed by atoms with Gasteiger partial charge in [0.15, 0.2) is 0 Å². The molecule has 3 aromatic rings. The van der Waals surface area contributed by atoms with Crippen molar-refractivity contribution in [1.82, 2.24) is 19.7 Å². The third kappa shape index (κ3) is 5.09. The van der Waals surface area contributed by atoms with E-state index in [2.05, 4.69) is 15.1 Å². The number of aromatic nitrogens is 4. The molecule has 148 valence electrons. The minimum absolute atomic E-state index is 0.00782. The Bertz CT molecular complexity index is 920. The Morgan fingerprint density at radius 2 is 2.04 bits per heavy atom. The van der Waals surface area contributed by atoms with Crippen molar-refractivity contribution in [3.8, 4) is 0 Å². The van der Waals surface area contributed by atoms with E-state index in [1.54, 1.807) is 31.5 Å². The highest BCUT2D eigenvalue weighted by atomic mass is 33.1. The van der Waals surface area contributed by atoms with Crippen LogP contribution in [0.5, 0.6) is 0 Å². The SMILES string of the molecule is [2H]C(CSS[C@H](C)[C@](O)(Cn1cncn1)c1ccc(F)cc1F)c1ccncc1. The Morgan fingerprint density at radius 3 is 2.71 bits per heavy atom. The van der Waals surface area contributed by atoms with Gasteiger partial charge in [-0.05, 0) is 37.1 Å². The first kappa shape index (κ1) is 19.4. The van der Waals surface area contributed by atoms with Gasteiger partial charge in [-0.25, -0.2) is 18.4 Å². The summed E-state index contributed by atoms with van der Waals surface area (Å²) in [7, 11) is 2.76. The molecule has 3 atom stereocenters. The topological polar surface area (TPSA) is 63.8 Å². The van der Waals surface area contributed by atoms with E-state index >= 15 is 0 Å². The molecule has 2 aromatic heterocycles. The number of benzene rings is 1. The number of rotatable bonds is 9. The van der Waals surface area contributed by atoms with Crippen molar-refractivity contribution < 1.29 is 15.3 Å². The number of pyridine rings is 1. The van der Waals surface area contributed by atoms with Crippen molar-refractivity contribution in [1.29, 1.82) is 0 Å². The molecule has 2 heterocycles. The molecule has 0 fully saturated rings.